The van der Waals surface area contributed by atoms with Crippen LogP contribution >= 0.6 is 12.4 Å². The molecule has 128 valence electrons. The molecule has 0 radical (unpaired) electrons. The number of nitrogens with zero attached hydrogens (tertiary/aromatic N) is 2. The molecule has 0 bridgehead atoms. The van der Waals surface area contributed by atoms with Crippen LogP contribution in [0, 0.1) is 13.8 Å². The molecular formula is C18H28ClN3O. The number of halogens is 1. The van der Waals surface area contributed by atoms with E-state index in [-0.39, 0.29) is 18.3 Å². The van der Waals surface area contributed by atoms with E-state index in [1.807, 2.05) is 0 Å². The number of aryl methyl sites for hydroxylation is 2. The average molecular weight is 338 g/mol. The first-order chi connectivity index (χ1) is 10.6. The van der Waals surface area contributed by atoms with E-state index in [0.29, 0.717) is 12.5 Å². The van der Waals surface area contributed by atoms with E-state index in [1.165, 1.54) is 16.7 Å². The van der Waals surface area contributed by atoms with Gasteiger partial charge >= 0.3 is 0 Å². The molecule has 2 heterocycles. The number of hydrogen-bond donors (Lipinski definition) is 1. The van der Waals surface area contributed by atoms with Gasteiger partial charge < -0.3 is 10.2 Å². The second-order valence-corrected chi connectivity index (χ2v) is 6.67. The van der Waals surface area contributed by atoms with Gasteiger partial charge in [0.25, 0.3) is 0 Å². The molecule has 1 aromatic rings. The molecule has 3 rings (SSSR count). The van der Waals surface area contributed by atoms with E-state index in [0.717, 1.165) is 45.7 Å². The van der Waals surface area contributed by atoms with Gasteiger partial charge in [-0.1, -0.05) is 23.8 Å². The van der Waals surface area contributed by atoms with Gasteiger partial charge in [0.2, 0.25) is 5.91 Å². The maximum atomic E-state index is 12.6. The lowest BCUT2D eigenvalue weighted by Gasteiger charge is -2.32. The number of hydrogen-bond acceptors (Lipinski definition) is 3. The van der Waals surface area contributed by atoms with E-state index in [4.69, 9.17) is 0 Å². The number of benzene rings is 1. The summed E-state index contributed by atoms with van der Waals surface area (Å²) in [6.07, 6.45) is 1.67. The summed E-state index contributed by atoms with van der Waals surface area (Å²) >= 11 is 0. The Balaban J connectivity index is 0.00000192. The number of carbonyl (C=O) groups excluding carboxylic acids is 1. The topological polar surface area (TPSA) is 35.6 Å². The van der Waals surface area contributed by atoms with Gasteiger partial charge in [0.15, 0.2) is 0 Å². The van der Waals surface area contributed by atoms with Crippen LogP contribution in [0.2, 0.25) is 0 Å². The van der Waals surface area contributed by atoms with Crippen LogP contribution in [0.3, 0.4) is 0 Å². The fourth-order valence-corrected chi connectivity index (χ4v) is 3.58. The van der Waals surface area contributed by atoms with Crippen molar-refractivity contribution in [3.8, 4) is 0 Å². The second kappa shape index (κ2) is 8.13. The van der Waals surface area contributed by atoms with Gasteiger partial charge in [0.1, 0.15) is 0 Å². The lowest BCUT2D eigenvalue weighted by atomic mass is 10.0. The van der Waals surface area contributed by atoms with E-state index in [9.17, 15) is 4.79 Å². The van der Waals surface area contributed by atoms with E-state index in [2.05, 4.69) is 47.2 Å². The van der Waals surface area contributed by atoms with Crippen molar-refractivity contribution in [2.24, 2.45) is 0 Å². The first-order valence-corrected chi connectivity index (χ1v) is 8.42. The molecule has 1 atom stereocenters. The van der Waals surface area contributed by atoms with Crippen LogP contribution in [0.5, 0.6) is 0 Å². The molecule has 0 aromatic heterocycles. The van der Waals surface area contributed by atoms with Crippen LogP contribution in [0.1, 0.15) is 23.1 Å². The lowest BCUT2D eigenvalue weighted by molar-refractivity contribution is -0.129. The van der Waals surface area contributed by atoms with E-state index < -0.39 is 0 Å². The minimum atomic E-state index is 0. The number of nitrogens with one attached hydrogen (secondary N) is 1. The normalized spacial score (nSPS) is 22.0. The van der Waals surface area contributed by atoms with Gasteiger partial charge in [0.05, 0.1) is 6.42 Å². The summed E-state index contributed by atoms with van der Waals surface area (Å²) < 4.78 is 0. The molecule has 1 amide bonds. The third kappa shape index (κ3) is 4.46. The number of rotatable bonds is 3. The number of carbonyl (C=O) groups is 1. The van der Waals surface area contributed by atoms with Crippen molar-refractivity contribution in [2.45, 2.75) is 32.7 Å². The largest absolute Gasteiger partial charge is 0.341 e. The minimum Gasteiger partial charge on any atom is -0.341 e. The highest BCUT2D eigenvalue weighted by molar-refractivity contribution is 5.85. The van der Waals surface area contributed by atoms with Gasteiger partial charge in [-0.3, -0.25) is 9.69 Å². The molecule has 2 fully saturated rings. The van der Waals surface area contributed by atoms with Crippen molar-refractivity contribution >= 4 is 18.3 Å². The Morgan fingerprint density at radius 2 is 1.96 bits per heavy atom. The molecule has 5 heteroatoms. The highest BCUT2D eigenvalue weighted by Gasteiger charge is 2.30. The van der Waals surface area contributed by atoms with Crippen LogP contribution < -0.4 is 5.32 Å². The van der Waals surface area contributed by atoms with Gasteiger partial charge in [-0.2, -0.15) is 0 Å². The third-order valence-corrected chi connectivity index (χ3v) is 5.03. The fraction of sp³-hybridized carbons (Fsp3) is 0.611. The minimum absolute atomic E-state index is 0. The summed E-state index contributed by atoms with van der Waals surface area (Å²) in [4.78, 5) is 17.2. The average Bonchev–Trinajstić information content (AvgIpc) is 3.02. The molecule has 1 aromatic carbocycles. The summed E-state index contributed by atoms with van der Waals surface area (Å²) in [6.45, 7) is 10.4. The van der Waals surface area contributed by atoms with Crippen molar-refractivity contribution in [2.75, 3.05) is 39.3 Å². The summed E-state index contributed by atoms with van der Waals surface area (Å²) in [6, 6.07) is 6.94. The Hall–Kier alpha value is -1.10. The van der Waals surface area contributed by atoms with E-state index in [1.54, 1.807) is 0 Å². The van der Waals surface area contributed by atoms with Crippen LogP contribution in [0.4, 0.5) is 0 Å². The molecule has 2 aliphatic heterocycles. The molecular weight excluding hydrogens is 310 g/mol. The van der Waals surface area contributed by atoms with Crippen molar-refractivity contribution in [1.29, 1.82) is 0 Å². The summed E-state index contributed by atoms with van der Waals surface area (Å²) in [5, 5.41) is 3.39. The summed E-state index contributed by atoms with van der Waals surface area (Å²) in [5.41, 5.74) is 3.63. The van der Waals surface area contributed by atoms with Crippen molar-refractivity contribution in [3.63, 3.8) is 0 Å². The smallest absolute Gasteiger partial charge is 0.227 e. The fourth-order valence-electron chi connectivity index (χ4n) is 3.58. The van der Waals surface area contributed by atoms with Crippen LogP contribution in [0.15, 0.2) is 18.2 Å². The molecule has 1 unspecified atom stereocenters. The first-order valence-electron chi connectivity index (χ1n) is 8.42. The zero-order valence-corrected chi connectivity index (χ0v) is 15.0. The zero-order chi connectivity index (χ0) is 15.5. The predicted molar refractivity (Wildman–Crippen MR) is 96.3 cm³/mol. The standard InChI is InChI=1S/C18H27N3O.ClH/c1-14-3-4-15(2)16(11-14)12-18(22)21-8-5-17(13-21)20-9-6-19-7-10-20;/h3-4,11,17,19H,5-10,12-13H2,1-2H3;1H. The Morgan fingerprint density at radius 3 is 2.70 bits per heavy atom. The number of likely N-dealkylation sites (tertiary alicyclic amines) is 1. The highest BCUT2D eigenvalue weighted by atomic mass is 35.5. The van der Waals surface area contributed by atoms with Crippen LogP contribution in [0.25, 0.3) is 0 Å². The van der Waals surface area contributed by atoms with Crippen LogP contribution in [-0.2, 0) is 11.2 Å². The lowest BCUT2D eigenvalue weighted by Crippen LogP contribution is -2.49. The Labute approximate surface area is 145 Å². The van der Waals surface area contributed by atoms with Crippen molar-refractivity contribution in [1.82, 2.24) is 15.1 Å². The van der Waals surface area contributed by atoms with Gasteiger partial charge in [-0.15, -0.1) is 12.4 Å². The molecule has 0 saturated carbocycles. The summed E-state index contributed by atoms with van der Waals surface area (Å²) in [5.74, 6) is 0.284. The van der Waals surface area contributed by atoms with E-state index >= 15 is 0 Å². The maximum Gasteiger partial charge on any atom is 0.227 e. The molecule has 2 saturated heterocycles. The van der Waals surface area contributed by atoms with Crippen molar-refractivity contribution in [3.05, 3.63) is 34.9 Å². The second-order valence-electron chi connectivity index (χ2n) is 6.67. The van der Waals surface area contributed by atoms with Crippen LogP contribution in [-0.4, -0.2) is 61.0 Å². The first kappa shape index (κ1) is 18.2. The molecule has 23 heavy (non-hydrogen) atoms. The SMILES string of the molecule is Cc1ccc(C)c(CC(=O)N2CCC(N3CCNCC3)C2)c1.Cl. The molecule has 4 nitrogen and oxygen atoms in total. The Morgan fingerprint density at radius 1 is 1.22 bits per heavy atom. The zero-order valence-electron chi connectivity index (χ0n) is 14.2. The molecule has 0 aliphatic carbocycles. The van der Waals surface area contributed by atoms with Gasteiger partial charge in [-0.25, -0.2) is 0 Å². The Kier molecular flexibility index (Phi) is 6.45. The third-order valence-electron chi connectivity index (χ3n) is 5.03. The van der Waals surface area contributed by atoms with Gasteiger partial charge in [-0.05, 0) is 31.4 Å². The number of amides is 1. The summed E-state index contributed by atoms with van der Waals surface area (Å²) in [7, 11) is 0. The molecule has 1 N–H and O–H groups in total. The number of piperazine rings is 1. The highest BCUT2D eigenvalue weighted by Crippen LogP contribution is 2.19. The quantitative estimate of drug-likeness (QED) is 0.913. The Bertz CT molecular complexity index is 543. The molecule has 2 aliphatic rings. The van der Waals surface area contributed by atoms with Crippen molar-refractivity contribution < 1.29 is 4.79 Å². The molecule has 0 spiro atoms. The monoisotopic (exact) mass is 337 g/mol. The maximum absolute atomic E-state index is 12.6. The predicted octanol–water partition coefficient (Wildman–Crippen LogP) is 1.77. The van der Waals surface area contributed by atoms with Gasteiger partial charge in [0, 0.05) is 45.3 Å².